The third kappa shape index (κ3) is 4.81. The molecule has 144 valence electrons. The van der Waals surface area contributed by atoms with E-state index in [1.807, 2.05) is 54.6 Å². The van der Waals surface area contributed by atoms with Crippen LogP contribution in [0.2, 0.25) is 0 Å². The molecule has 1 aromatic heterocycles. The highest BCUT2D eigenvalue weighted by Gasteiger charge is 2.06. The van der Waals surface area contributed by atoms with Crippen LogP contribution in [0.4, 0.5) is 31.9 Å². The van der Waals surface area contributed by atoms with E-state index in [1.165, 1.54) is 12.3 Å². The molecule has 2 N–H and O–H groups in total. The Hall–Kier alpha value is -4.07. The second kappa shape index (κ2) is 8.30. The molecule has 0 fully saturated rings. The van der Waals surface area contributed by atoms with Crippen molar-refractivity contribution in [1.82, 2.24) is 15.2 Å². The minimum atomic E-state index is -0.963. The van der Waals surface area contributed by atoms with E-state index in [0.29, 0.717) is 17.3 Å². The standard InChI is InChI=1S/C21H15F2N5O/c22-18-11-8-15(12-19(18)23)26-21-27-20(13-24-28-21)25-14-6-9-17(10-7-14)29-16-4-2-1-3-5-16/h1-13H,(H2,25,26,27,28). The highest BCUT2D eigenvalue weighted by Crippen LogP contribution is 2.24. The molecule has 8 heteroatoms. The normalized spacial score (nSPS) is 10.4. The van der Waals surface area contributed by atoms with E-state index in [0.717, 1.165) is 23.6 Å². The lowest BCUT2D eigenvalue weighted by molar-refractivity contribution is 0.483. The van der Waals surface area contributed by atoms with Crippen LogP contribution in [-0.2, 0) is 0 Å². The van der Waals surface area contributed by atoms with Crippen LogP contribution in [0.3, 0.4) is 0 Å². The van der Waals surface area contributed by atoms with E-state index in [-0.39, 0.29) is 5.95 Å². The largest absolute Gasteiger partial charge is 0.457 e. The first-order valence-corrected chi connectivity index (χ1v) is 8.67. The van der Waals surface area contributed by atoms with Crippen LogP contribution in [0.15, 0.2) is 79.0 Å². The van der Waals surface area contributed by atoms with Crippen LogP contribution in [0.1, 0.15) is 0 Å². The van der Waals surface area contributed by atoms with Crippen molar-refractivity contribution in [2.24, 2.45) is 0 Å². The molecule has 0 aliphatic rings. The van der Waals surface area contributed by atoms with Gasteiger partial charge in [-0.15, -0.1) is 5.10 Å². The van der Waals surface area contributed by atoms with Crippen molar-refractivity contribution in [3.63, 3.8) is 0 Å². The van der Waals surface area contributed by atoms with Crippen molar-refractivity contribution in [3.8, 4) is 11.5 Å². The van der Waals surface area contributed by atoms with Gasteiger partial charge in [0.1, 0.15) is 11.5 Å². The van der Waals surface area contributed by atoms with Gasteiger partial charge in [0, 0.05) is 17.4 Å². The Kier molecular flexibility index (Phi) is 5.24. The monoisotopic (exact) mass is 391 g/mol. The maximum absolute atomic E-state index is 13.3. The van der Waals surface area contributed by atoms with Crippen LogP contribution in [0, 0.1) is 11.6 Å². The summed E-state index contributed by atoms with van der Waals surface area (Å²) in [5.41, 5.74) is 1.08. The molecule has 0 bridgehead atoms. The molecule has 1 heterocycles. The molecule has 0 amide bonds. The number of hydrogen-bond donors (Lipinski definition) is 2. The molecule has 29 heavy (non-hydrogen) atoms. The molecule has 0 spiro atoms. The smallest absolute Gasteiger partial charge is 0.249 e. The summed E-state index contributed by atoms with van der Waals surface area (Å²) in [4.78, 5) is 4.26. The van der Waals surface area contributed by atoms with E-state index in [2.05, 4.69) is 25.8 Å². The first kappa shape index (κ1) is 18.3. The molecule has 4 aromatic rings. The molecule has 0 aliphatic carbocycles. The molecular weight excluding hydrogens is 376 g/mol. The Bertz CT molecular complexity index is 1110. The fourth-order valence-corrected chi connectivity index (χ4v) is 2.50. The Balaban J connectivity index is 1.43. The van der Waals surface area contributed by atoms with E-state index >= 15 is 0 Å². The van der Waals surface area contributed by atoms with E-state index in [4.69, 9.17) is 4.74 Å². The van der Waals surface area contributed by atoms with Gasteiger partial charge in [0.05, 0.1) is 6.20 Å². The summed E-state index contributed by atoms with van der Waals surface area (Å²) in [5.74, 6) is 0.135. The molecule has 3 aromatic carbocycles. The Morgan fingerprint density at radius 3 is 2.21 bits per heavy atom. The van der Waals surface area contributed by atoms with Gasteiger partial charge in [-0.3, -0.25) is 0 Å². The fourth-order valence-electron chi connectivity index (χ4n) is 2.50. The summed E-state index contributed by atoms with van der Waals surface area (Å²) in [6.45, 7) is 0. The number of nitrogens with one attached hydrogen (secondary N) is 2. The Labute approximate surface area is 165 Å². The zero-order valence-electron chi connectivity index (χ0n) is 15.0. The number of rotatable bonds is 6. The van der Waals surface area contributed by atoms with Crippen LogP contribution >= 0.6 is 0 Å². The van der Waals surface area contributed by atoms with Gasteiger partial charge >= 0.3 is 0 Å². The molecule has 0 atom stereocenters. The molecule has 6 nitrogen and oxygen atoms in total. The number of para-hydroxylation sites is 1. The van der Waals surface area contributed by atoms with E-state index < -0.39 is 11.6 Å². The van der Waals surface area contributed by atoms with Crippen LogP contribution in [-0.4, -0.2) is 15.2 Å². The highest BCUT2D eigenvalue weighted by atomic mass is 19.2. The molecular formula is C21H15F2N5O. The summed E-state index contributed by atoms with van der Waals surface area (Å²) < 4.78 is 32.1. The van der Waals surface area contributed by atoms with Gasteiger partial charge in [-0.2, -0.15) is 10.1 Å². The maximum atomic E-state index is 13.3. The van der Waals surface area contributed by atoms with Gasteiger partial charge in [0.15, 0.2) is 17.5 Å². The van der Waals surface area contributed by atoms with Crippen molar-refractivity contribution >= 4 is 23.1 Å². The molecule has 0 saturated carbocycles. The SMILES string of the molecule is Fc1ccc(Nc2nncc(Nc3ccc(Oc4ccccc4)cc3)n2)cc1F. The van der Waals surface area contributed by atoms with E-state index in [9.17, 15) is 8.78 Å². The maximum Gasteiger partial charge on any atom is 0.249 e. The van der Waals surface area contributed by atoms with Gasteiger partial charge in [-0.25, -0.2) is 8.78 Å². The number of anilines is 4. The molecule has 0 saturated heterocycles. The summed E-state index contributed by atoms with van der Waals surface area (Å²) in [5, 5.41) is 13.6. The first-order chi connectivity index (χ1) is 14.2. The van der Waals surface area contributed by atoms with Crippen molar-refractivity contribution < 1.29 is 13.5 Å². The van der Waals surface area contributed by atoms with Gasteiger partial charge < -0.3 is 15.4 Å². The Morgan fingerprint density at radius 2 is 1.45 bits per heavy atom. The average Bonchev–Trinajstić information content (AvgIpc) is 2.73. The fraction of sp³-hybridized carbons (Fsp3) is 0. The third-order valence-corrected chi connectivity index (χ3v) is 3.84. The van der Waals surface area contributed by atoms with Crippen LogP contribution in [0.25, 0.3) is 0 Å². The summed E-state index contributed by atoms with van der Waals surface area (Å²) >= 11 is 0. The van der Waals surface area contributed by atoms with Gasteiger partial charge in [-0.1, -0.05) is 18.2 Å². The summed E-state index contributed by atoms with van der Waals surface area (Å²) in [7, 11) is 0. The zero-order chi connectivity index (χ0) is 20.1. The van der Waals surface area contributed by atoms with Gasteiger partial charge in [0.25, 0.3) is 0 Å². The quantitative estimate of drug-likeness (QED) is 0.457. The minimum Gasteiger partial charge on any atom is -0.457 e. The molecule has 0 unspecified atom stereocenters. The molecule has 0 aliphatic heterocycles. The number of nitrogens with zero attached hydrogens (tertiary/aromatic N) is 3. The number of hydrogen-bond acceptors (Lipinski definition) is 6. The predicted octanol–water partition coefficient (Wildman–Crippen LogP) is 5.43. The number of benzene rings is 3. The van der Waals surface area contributed by atoms with Crippen molar-refractivity contribution in [2.75, 3.05) is 10.6 Å². The lowest BCUT2D eigenvalue weighted by atomic mass is 10.3. The lowest BCUT2D eigenvalue weighted by Gasteiger charge is -2.09. The van der Waals surface area contributed by atoms with Crippen LogP contribution < -0.4 is 15.4 Å². The third-order valence-electron chi connectivity index (χ3n) is 3.84. The van der Waals surface area contributed by atoms with Crippen molar-refractivity contribution in [1.29, 1.82) is 0 Å². The zero-order valence-corrected chi connectivity index (χ0v) is 15.0. The van der Waals surface area contributed by atoms with E-state index in [1.54, 1.807) is 0 Å². The minimum absolute atomic E-state index is 0.144. The number of ether oxygens (including phenoxy) is 1. The summed E-state index contributed by atoms with van der Waals surface area (Å²) in [6, 6.07) is 20.2. The lowest BCUT2D eigenvalue weighted by Crippen LogP contribution is -2.02. The highest BCUT2D eigenvalue weighted by molar-refractivity contribution is 5.59. The second-order valence-electron chi connectivity index (χ2n) is 5.98. The Morgan fingerprint density at radius 1 is 0.724 bits per heavy atom. The van der Waals surface area contributed by atoms with Crippen LogP contribution in [0.5, 0.6) is 11.5 Å². The average molecular weight is 391 g/mol. The van der Waals surface area contributed by atoms with Crippen molar-refractivity contribution in [3.05, 3.63) is 90.6 Å². The topological polar surface area (TPSA) is 72.0 Å². The van der Waals surface area contributed by atoms with Gasteiger partial charge in [-0.05, 0) is 48.5 Å². The second-order valence-corrected chi connectivity index (χ2v) is 5.98. The predicted molar refractivity (Wildman–Crippen MR) is 106 cm³/mol. The number of aromatic nitrogens is 3. The molecule has 0 radical (unpaired) electrons. The van der Waals surface area contributed by atoms with Crippen molar-refractivity contribution in [2.45, 2.75) is 0 Å². The summed E-state index contributed by atoms with van der Waals surface area (Å²) in [6.07, 6.45) is 1.45. The number of halogens is 2. The molecule has 4 rings (SSSR count). The first-order valence-electron chi connectivity index (χ1n) is 8.67. The van der Waals surface area contributed by atoms with Gasteiger partial charge in [0.2, 0.25) is 5.95 Å².